The Morgan fingerprint density at radius 3 is 1.71 bits per heavy atom. The Morgan fingerprint density at radius 1 is 1.57 bits per heavy atom. The third kappa shape index (κ3) is 10.7. The molecule has 0 aromatic carbocycles. The third-order valence-electron chi connectivity index (χ3n) is 0.115. The van der Waals surface area contributed by atoms with Crippen LogP contribution in [0.1, 0.15) is 0 Å². The van der Waals surface area contributed by atoms with E-state index in [-0.39, 0.29) is 27.7 Å². The second-order valence-electron chi connectivity index (χ2n) is 0.566. The molecule has 36 valence electrons. The van der Waals surface area contributed by atoms with Crippen LogP contribution in [-0.4, -0.2) is 13.0 Å². The first kappa shape index (κ1) is 10.3. The Labute approximate surface area is 61.4 Å². The maximum atomic E-state index is 9.19. The predicted molar refractivity (Wildman–Crippen MR) is 17.2 cm³/mol. The molecule has 0 heterocycles. The molecule has 7 heavy (non-hydrogen) atoms. The quantitative estimate of drug-likeness (QED) is 0.279. The number of thiocyanates is 1. The van der Waals surface area contributed by atoms with Gasteiger partial charge in [-0.3, -0.25) is 4.55 Å². The summed E-state index contributed by atoms with van der Waals surface area (Å²) < 4.78 is 25.8. The number of nitriles is 1. The van der Waals surface area contributed by atoms with Gasteiger partial charge in [0.1, 0.15) is 0 Å². The minimum Gasteiger partial charge on any atom is -0.274 e. The van der Waals surface area contributed by atoms with Crippen LogP contribution in [-0.2, 0) is 37.8 Å². The van der Waals surface area contributed by atoms with Crippen molar-refractivity contribution in [1.29, 1.82) is 5.26 Å². The van der Waals surface area contributed by atoms with Crippen LogP contribution in [0, 0.1) is 10.7 Å². The molecule has 0 rings (SSSR count). The van der Waals surface area contributed by atoms with Crippen LogP contribution in [0.3, 0.4) is 0 Å². The fourth-order valence-electron chi connectivity index (χ4n) is 0. The summed E-state index contributed by atoms with van der Waals surface area (Å²) in [6, 6.07) is 0. The molecule has 1 N–H and O–H groups in total. The fraction of sp³-hybridized carbons (Fsp3) is 0. The Balaban J connectivity index is 0. The van der Waals surface area contributed by atoms with Gasteiger partial charge in [0.05, 0.1) is 0 Å². The first-order chi connectivity index (χ1) is 2.56. The molecule has 4 nitrogen and oxygen atoms in total. The molecule has 0 aliphatic carbocycles. The van der Waals surface area contributed by atoms with E-state index >= 15 is 0 Å². The first-order valence-electron chi connectivity index (χ1n) is 0.944. The standard InChI is InChI=1S/CHNO3S.Hg/c2-1-6(3,4)5;/h(H,3,4,5);. The van der Waals surface area contributed by atoms with Crippen LogP contribution < -0.4 is 0 Å². The molecule has 0 spiro atoms. The van der Waals surface area contributed by atoms with Crippen molar-refractivity contribution in [3.8, 4) is 5.40 Å². The first-order valence-corrected chi connectivity index (χ1v) is 2.38. The second kappa shape index (κ2) is 3.35. The van der Waals surface area contributed by atoms with Crippen LogP contribution in [0.2, 0.25) is 0 Å². The maximum absolute atomic E-state index is 9.19. The normalized spacial score (nSPS) is 8.57. The predicted octanol–water partition coefficient (Wildman–Crippen LogP) is -0.647. The van der Waals surface area contributed by atoms with Crippen LogP contribution >= 0.6 is 0 Å². The zero-order chi connectivity index (χ0) is 5.21. The zero-order valence-corrected chi connectivity index (χ0v) is 9.64. The Bertz CT molecular complexity index is 164. The van der Waals surface area contributed by atoms with E-state index in [9.17, 15) is 8.42 Å². The van der Waals surface area contributed by atoms with Gasteiger partial charge in [-0.05, 0) is 0 Å². The average Bonchev–Trinajstić information content (AvgIpc) is 1.35. The molecular weight excluding hydrogens is 307 g/mol. The fourth-order valence-corrected chi connectivity index (χ4v) is 0. The van der Waals surface area contributed by atoms with Gasteiger partial charge in [-0.1, -0.05) is 0 Å². The van der Waals surface area contributed by atoms with Crippen LogP contribution in [0.4, 0.5) is 0 Å². The van der Waals surface area contributed by atoms with Crippen molar-refractivity contribution in [2.24, 2.45) is 0 Å². The molecule has 0 saturated carbocycles. The smallest absolute Gasteiger partial charge is 0.274 e. The van der Waals surface area contributed by atoms with Gasteiger partial charge in [0.15, 0.2) is 0 Å². The van der Waals surface area contributed by atoms with Crippen molar-refractivity contribution in [3.63, 3.8) is 0 Å². The van der Waals surface area contributed by atoms with Crippen LogP contribution in [0.25, 0.3) is 0 Å². The molecule has 0 amide bonds. The van der Waals surface area contributed by atoms with Crippen molar-refractivity contribution in [2.45, 2.75) is 0 Å². The summed E-state index contributed by atoms with van der Waals surface area (Å²) in [4.78, 5) is 0. The third-order valence-corrected chi connectivity index (χ3v) is 0.346. The van der Waals surface area contributed by atoms with Crippen molar-refractivity contribution in [1.82, 2.24) is 0 Å². The minimum absolute atomic E-state index is 0. The van der Waals surface area contributed by atoms with Gasteiger partial charge in [-0.2, -0.15) is 13.7 Å². The molecule has 0 bridgehead atoms. The summed E-state index contributed by atoms with van der Waals surface area (Å²) in [7, 11) is -4.36. The van der Waals surface area contributed by atoms with E-state index in [1.54, 1.807) is 0 Å². The van der Waals surface area contributed by atoms with Gasteiger partial charge in [-0.25, -0.2) is 0 Å². The summed E-state index contributed by atoms with van der Waals surface area (Å²) in [5.74, 6) is 0. The molecule has 6 heteroatoms. The molecule has 0 aromatic rings. The molecular formula is CHHgNO3S. The molecule has 0 saturated heterocycles. The van der Waals surface area contributed by atoms with Gasteiger partial charge < -0.3 is 0 Å². The van der Waals surface area contributed by atoms with E-state index in [0.29, 0.717) is 5.40 Å². The Morgan fingerprint density at radius 2 is 1.71 bits per heavy atom. The topological polar surface area (TPSA) is 78.2 Å². The second-order valence-corrected chi connectivity index (χ2v) is 1.70. The summed E-state index contributed by atoms with van der Waals surface area (Å²) in [6.07, 6.45) is 0. The average molecular weight is 308 g/mol. The summed E-state index contributed by atoms with van der Waals surface area (Å²) in [6.45, 7) is 0. The van der Waals surface area contributed by atoms with Gasteiger partial charge in [-0.15, -0.1) is 0 Å². The van der Waals surface area contributed by atoms with E-state index < -0.39 is 10.1 Å². The van der Waals surface area contributed by atoms with Gasteiger partial charge in [0.25, 0.3) is 0 Å². The summed E-state index contributed by atoms with van der Waals surface area (Å²) in [5.41, 5.74) is 0. The monoisotopic (exact) mass is 309 g/mol. The number of hydrogen-bond acceptors (Lipinski definition) is 3. The SMILES string of the molecule is N#CS(=O)(=O)O.[Hg]. The Hall–Kier alpha value is 0.335. The zero-order valence-electron chi connectivity index (χ0n) is 3.33. The minimum atomic E-state index is -4.36. The van der Waals surface area contributed by atoms with Crippen LogP contribution in [0.5, 0.6) is 0 Å². The number of nitrogens with zero attached hydrogens (tertiary/aromatic N) is 1. The van der Waals surface area contributed by atoms with Crippen molar-refractivity contribution in [3.05, 3.63) is 0 Å². The van der Waals surface area contributed by atoms with E-state index in [4.69, 9.17) is 9.81 Å². The number of hydrogen-bond donors (Lipinski definition) is 1. The van der Waals surface area contributed by atoms with Gasteiger partial charge >= 0.3 is 10.1 Å². The molecule has 0 unspecified atom stereocenters. The maximum Gasteiger partial charge on any atom is 0.360 e. The van der Waals surface area contributed by atoms with Gasteiger partial charge in [0.2, 0.25) is 5.40 Å². The van der Waals surface area contributed by atoms with E-state index in [1.165, 1.54) is 0 Å². The van der Waals surface area contributed by atoms with Crippen LogP contribution in [0.15, 0.2) is 0 Å². The summed E-state index contributed by atoms with van der Waals surface area (Å²) in [5, 5.41) is 7.95. The Kier molecular flexibility index (Phi) is 4.95. The largest absolute Gasteiger partial charge is 0.360 e. The molecule has 0 atom stereocenters. The molecule has 0 aliphatic heterocycles. The number of rotatable bonds is 0. The van der Waals surface area contributed by atoms with Gasteiger partial charge in [0, 0.05) is 27.7 Å². The van der Waals surface area contributed by atoms with Crippen molar-refractivity contribution in [2.75, 3.05) is 0 Å². The molecule has 0 fully saturated rings. The van der Waals surface area contributed by atoms with Crippen molar-refractivity contribution < 1.29 is 40.6 Å². The molecule has 0 aliphatic rings. The molecule has 0 aromatic heterocycles. The van der Waals surface area contributed by atoms with E-state index in [1.807, 2.05) is 0 Å². The van der Waals surface area contributed by atoms with Crippen molar-refractivity contribution >= 4 is 10.1 Å². The summed E-state index contributed by atoms with van der Waals surface area (Å²) >= 11 is 0. The molecule has 0 radical (unpaired) electrons. The van der Waals surface area contributed by atoms with E-state index in [0.717, 1.165) is 0 Å². The van der Waals surface area contributed by atoms with E-state index in [2.05, 4.69) is 0 Å².